The van der Waals surface area contributed by atoms with Gasteiger partial charge in [-0.05, 0) is 36.8 Å². The Morgan fingerprint density at radius 1 is 1.11 bits per heavy atom. The number of aryl methyl sites for hydroxylation is 1. The third-order valence-corrected chi connectivity index (χ3v) is 5.04. The molecule has 28 heavy (non-hydrogen) atoms. The number of nitrogens with zero attached hydrogens (tertiary/aromatic N) is 5. The summed E-state index contributed by atoms with van der Waals surface area (Å²) in [4.78, 5) is 13.1. The van der Waals surface area contributed by atoms with Crippen LogP contribution in [0.4, 0.5) is 11.6 Å². The molecule has 0 amide bonds. The van der Waals surface area contributed by atoms with Gasteiger partial charge in [-0.3, -0.25) is 0 Å². The maximum atomic E-state index is 11.5. The summed E-state index contributed by atoms with van der Waals surface area (Å²) in [5, 5.41) is 13.8. The van der Waals surface area contributed by atoms with Crippen LogP contribution in [0, 0.1) is 0 Å². The van der Waals surface area contributed by atoms with E-state index in [-0.39, 0.29) is 4.90 Å². The summed E-state index contributed by atoms with van der Waals surface area (Å²) in [6.45, 7) is 2.03. The number of primary sulfonamides is 1. The Balaban J connectivity index is 1.72. The number of anilines is 2. The normalized spacial score (nSPS) is 11.6. The molecule has 0 saturated heterocycles. The zero-order valence-corrected chi connectivity index (χ0v) is 15.8. The molecule has 3 aromatic heterocycles. The van der Waals surface area contributed by atoms with Crippen molar-refractivity contribution in [3.63, 3.8) is 0 Å². The molecule has 3 heterocycles. The molecular weight excluding hydrogens is 378 g/mol. The summed E-state index contributed by atoms with van der Waals surface area (Å²) >= 11 is 0. The number of aromatic nitrogens is 5. The Morgan fingerprint density at radius 3 is 2.75 bits per heavy atom. The summed E-state index contributed by atoms with van der Waals surface area (Å²) < 4.78 is 24.7. The van der Waals surface area contributed by atoms with Crippen LogP contribution in [0.2, 0.25) is 0 Å². The Bertz CT molecular complexity index is 1270. The second-order valence-corrected chi connectivity index (χ2v) is 7.58. The molecule has 0 atom stereocenters. The fourth-order valence-corrected chi connectivity index (χ4v) is 3.40. The largest absolute Gasteiger partial charge is 0.324 e. The lowest BCUT2D eigenvalue weighted by molar-refractivity contribution is 0.598. The molecule has 3 N–H and O–H groups in total. The Hall–Kier alpha value is -3.37. The molecule has 0 spiro atoms. The molecule has 0 aliphatic carbocycles. The van der Waals surface area contributed by atoms with Crippen molar-refractivity contribution >= 4 is 32.7 Å². The Morgan fingerprint density at radius 2 is 1.96 bits per heavy atom. The second-order valence-electron chi connectivity index (χ2n) is 6.02. The first kappa shape index (κ1) is 18.0. The van der Waals surface area contributed by atoms with Gasteiger partial charge in [0.05, 0.1) is 10.6 Å². The van der Waals surface area contributed by atoms with Gasteiger partial charge in [0.25, 0.3) is 0 Å². The number of nitrogens with two attached hydrogens (primary N) is 1. The average Bonchev–Trinajstić information content (AvgIpc) is 3.07. The van der Waals surface area contributed by atoms with Crippen molar-refractivity contribution in [3.05, 3.63) is 60.6 Å². The maximum Gasteiger partial charge on any atom is 0.238 e. The summed E-state index contributed by atoms with van der Waals surface area (Å²) in [7, 11) is -3.80. The van der Waals surface area contributed by atoms with Gasteiger partial charge in [-0.15, -0.1) is 0 Å². The number of benzene rings is 1. The van der Waals surface area contributed by atoms with Gasteiger partial charge in [-0.2, -0.15) is 14.8 Å². The molecule has 9 nitrogen and oxygen atoms in total. The molecule has 0 aliphatic heterocycles. The highest BCUT2D eigenvalue weighted by atomic mass is 32.2. The summed E-state index contributed by atoms with van der Waals surface area (Å²) in [5.41, 5.74) is 2.14. The van der Waals surface area contributed by atoms with E-state index in [0.29, 0.717) is 23.1 Å². The Labute approximate surface area is 161 Å². The van der Waals surface area contributed by atoms with Crippen molar-refractivity contribution in [2.75, 3.05) is 5.32 Å². The lowest BCUT2D eigenvalue weighted by Crippen LogP contribution is -2.12. The lowest BCUT2D eigenvalue weighted by atomic mass is 10.2. The monoisotopic (exact) mass is 395 g/mol. The van der Waals surface area contributed by atoms with Crippen LogP contribution < -0.4 is 10.5 Å². The van der Waals surface area contributed by atoms with E-state index in [0.717, 1.165) is 17.5 Å². The highest BCUT2D eigenvalue weighted by Crippen LogP contribution is 2.21. The van der Waals surface area contributed by atoms with Crippen LogP contribution in [0.3, 0.4) is 0 Å². The topological polar surface area (TPSA) is 129 Å². The minimum absolute atomic E-state index is 0.00325. The molecule has 0 fully saturated rings. The highest BCUT2D eigenvalue weighted by Gasteiger charge is 2.13. The molecule has 1 aromatic carbocycles. The standard InChI is InChI=1S/C18H17N7O2S/c1-2-15-14-7-4-9-20-17(14)25(24-15)16-8-10-21-18(23-16)22-12-5-3-6-13(11-12)28(19,26)27/h3-11H,2H2,1H3,(H2,19,26,27)(H,21,22,23). The van der Waals surface area contributed by atoms with Gasteiger partial charge in [-0.1, -0.05) is 13.0 Å². The smallest absolute Gasteiger partial charge is 0.238 e. The predicted octanol–water partition coefficient (Wildman–Crippen LogP) is 2.16. The number of nitrogens with one attached hydrogen (secondary N) is 1. The lowest BCUT2D eigenvalue weighted by Gasteiger charge is -2.08. The van der Waals surface area contributed by atoms with E-state index < -0.39 is 10.0 Å². The molecule has 0 unspecified atom stereocenters. The van der Waals surface area contributed by atoms with Gasteiger partial charge >= 0.3 is 0 Å². The van der Waals surface area contributed by atoms with Crippen LogP contribution in [-0.4, -0.2) is 33.2 Å². The summed E-state index contributed by atoms with van der Waals surface area (Å²) in [5.74, 6) is 0.838. The van der Waals surface area contributed by atoms with Gasteiger partial charge in [0.15, 0.2) is 11.5 Å². The molecule has 142 valence electrons. The van der Waals surface area contributed by atoms with Gasteiger partial charge in [0, 0.05) is 29.5 Å². The number of pyridine rings is 1. The summed E-state index contributed by atoms with van der Waals surface area (Å²) in [6, 6.07) is 11.7. The highest BCUT2D eigenvalue weighted by molar-refractivity contribution is 7.89. The molecule has 0 saturated carbocycles. The van der Waals surface area contributed by atoms with E-state index in [1.165, 1.54) is 12.1 Å². The summed E-state index contributed by atoms with van der Waals surface area (Å²) in [6.07, 6.45) is 4.07. The van der Waals surface area contributed by atoms with Crippen molar-refractivity contribution in [1.29, 1.82) is 0 Å². The van der Waals surface area contributed by atoms with Crippen LogP contribution in [0.25, 0.3) is 16.9 Å². The minimum atomic E-state index is -3.80. The fraction of sp³-hybridized carbons (Fsp3) is 0.111. The van der Waals surface area contributed by atoms with Crippen molar-refractivity contribution in [2.24, 2.45) is 5.14 Å². The number of hydrogen-bond donors (Lipinski definition) is 2. The molecule has 10 heteroatoms. The van der Waals surface area contributed by atoms with E-state index >= 15 is 0 Å². The average molecular weight is 395 g/mol. The van der Waals surface area contributed by atoms with Crippen LogP contribution >= 0.6 is 0 Å². The van der Waals surface area contributed by atoms with E-state index in [1.54, 1.807) is 35.3 Å². The first-order chi connectivity index (χ1) is 13.5. The first-order valence-electron chi connectivity index (χ1n) is 8.51. The van der Waals surface area contributed by atoms with Crippen molar-refractivity contribution in [1.82, 2.24) is 24.7 Å². The molecule has 0 aliphatic rings. The Kier molecular flexibility index (Phi) is 4.49. The van der Waals surface area contributed by atoms with E-state index in [1.807, 2.05) is 19.1 Å². The van der Waals surface area contributed by atoms with Gasteiger partial charge in [-0.25, -0.2) is 23.5 Å². The zero-order valence-electron chi connectivity index (χ0n) is 14.9. The van der Waals surface area contributed by atoms with Crippen LogP contribution in [0.15, 0.2) is 59.8 Å². The quantitative estimate of drug-likeness (QED) is 0.530. The molecular formula is C18H17N7O2S. The maximum absolute atomic E-state index is 11.5. The van der Waals surface area contributed by atoms with E-state index in [2.05, 4.69) is 25.4 Å². The van der Waals surface area contributed by atoms with Crippen LogP contribution in [0.5, 0.6) is 0 Å². The molecule has 0 bridgehead atoms. The van der Waals surface area contributed by atoms with E-state index in [4.69, 9.17) is 5.14 Å². The van der Waals surface area contributed by atoms with E-state index in [9.17, 15) is 8.42 Å². The zero-order chi connectivity index (χ0) is 19.7. The fourth-order valence-electron chi connectivity index (χ4n) is 2.84. The predicted molar refractivity (Wildman–Crippen MR) is 105 cm³/mol. The van der Waals surface area contributed by atoms with Gasteiger partial charge in [0.2, 0.25) is 16.0 Å². The SMILES string of the molecule is CCc1nn(-c2ccnc(Nc3cccc(S(N)(=O)=O)c3)n2)c2ncccc12. The minimum Gasteiger partial charge on any atom is -0.324 e. The first-order valence-corrected chi connectivity index (χ1v) is 10.1. The van der Waals surface area contributed by atoms with Gasteiger partial charge in [0.1, 0.15) is 0 Å². The number of rotatable bonds is 5. The van der Waals surface area contributed by atoms with Crippen molar-refractivity contribution in [2.45, 2.75) is 18.2 Å². The van der Waals surface area contributed by atoms with Gasteiger partial charge < -0.3 is 5.32 Å². The molecule has 0 radical (unpaired) electrons. The number of fused-ring (bicyclic) bond motifs is 1. The van der Waals surface area contributed by atoms with Crippen LogP contribution in [-0.2, 0) is 16.4 Å². The third kappa shape index (κ3) is 3.42. The number of sulfonamides is 1. The molecule has 4 rings (SSSR count). The van der Waals surface area contributed by atoms with Crippen molar-refractivity contribution < 1.29 is 8.42 Å². The second kappa shape index (κ2) is 6.98. The van der Waals surface area contributed by atoms with Crippen molar-refractivity contribution in [3.8, 4) is 5.82 Å². The number of hydrogen-bond acceptors (Lipinski definition) is 7. The van der Waals surface area contributed by atoms with Crippen LogP contribution in [0.1, 0.15) is 12.6 Å². The molecule has 4 aromatic rings. The third-order valence-electron chi connectivity index (χ3n) is 4.13.